The maximum Gasteiger partial charge on any atom is 0.253 e. The lowest BCUT2D eigenvalue weighted by atomic mass is 10.1. The molecule has 0 radical (unpaired) electrons. The summed E-state index contributed by atoms with van der Waals surface area (Å²) in [4.78, 5) is 15.1. The molecule has 0 saturated carbocycles. The van der Waals surface area contributed by atoms with Gasteiger partial charge < -0.3 is 5.32 Å². The van der Waals surface area contributed by atoms with E-state index in [9.17, 15) is 9.18 Å². The first-order valence-corrected chi connectivity index (χ1v) is 5.47. The third-order valence-electron chi connectivity index (χ3n) is 2.15. The van der Waals surface area contributed by atoms with Crippen LogP contribution in [0, 0.1) is 11.7 Å². The molecule has 1 heterocycles. The first-order chi connectivity index (χ1) is 7.50. The lowest BCUT2D eigenvalue weighted by molar-refractivity contribution is 0.0951. The first kappa shape index (κ1) is 12.9. The number of carbonyl (C=O) groups is 1. The van der Waals surface area contributed by atoms with Gasteiger partial charge in [0.15, 0.2) is 0 Å². The van der Waals surface area contributed by atoms with E-state index in [1.54, 1.807) is 0 Å². The van der Waals surface area contributed by atoms with E-state index in [2.05, 4.69) is 10.3 Å². The molecule has 1 aromatic heterocycles. The summed E-state index contributed by atoms with van der Waals surface area (Å²) < 4.78 is 12.8. The number of hydrogen-bond donors (Lipinski definition) is 1. The van der Waals surface area contributed by atoms with Gasteiger partial charge in [0.25, 0.3) is 5.91 Å². The molecule has 0 saturated heterocycles. The van der Waals surface area contributed by atoms with Gasteiger partial charge in [-0.05, 0) is 12.0 Å². The molecule has 3 nitrogen and oxygen atoms in total. The number of alkyl halides is 1. The highest BCUT2D eigenvalue weighted by Gasteiger charge is 2.12. The van der Waals surface area contributed by atoms with Crippen molar-refractivity contribution in [3.8, 4) is 0 Å². The van der Waals surface area contributed by atoms with Crippen LogP contribution in [-0.2, 0) is 0 Å². The predicted molar refractivity (Wildman–Crippen MR) is 61.0 cm³/mol. The summed E-state index contributed by atoms with van der Waals surface area (Å²) in [7, 11) is 0. The molecule has 5 heteroatoms. The number of aromatic nitrogens is 1. The summed E-state index contributed by atoms with van der Waals surface area (Å²) in [6.45, 7) is 4.29. The molecule has 16 heavy (non-hydrogen) atoms. The second kappa shape index (κ2) is 5.80. The monoisotopic (exact) mass is 244 g/mol. The molecule has 0 aromatic carbocycles. The minimum Gasteiger partial charge on any atom is -0.350 e. The third kappa shape index (κ3) is 3.77. The molecular weight excluding hydrogens is 231 g/mol. The molecule has 0 aliphatic carbocycles. The van der Waals surface area contributed by atoms with Crippen LogP contribution in [0.3, 0.4) is 0 Å². The number of nitrogens with zero attached hydrogens (tertiary/aromatic N) is 1. The van der Waals surface area contributed by atoms with Crippen LogP contribution in [0.5, 0.6) is 0 Å². The zero-order chi connectivity index (χ0) is 12.1. The van der Waals surface area contributed by atoms with Crippen molar-refractivity contribution in [2.24, 2.45) is 5.92 Å². The number of halogens is 2. The van der Waals surface area contributed by atoms with E-state index < -0.39 is 5.82 Å². The molecule has 0 spiro atoms. The fraction of sp³-hybridized carbons (Fsp3) is 0.455. The Balaban J connectivity index is 2.53. The SMILES string of the molecule is CC(C)C(Cl)CNC(=O)c1cncc(F)c1. The number of pyridine rings is 1. The highest BCUT2D eigenvalue weighted by atomic mass is 35.5. The predicted octanol–water partition coefficient (Wildman–Crippen LogP) is 2.21. The van der Waals surface area contributed by atoms with Crippen molar-refractivity contribution in [1.82, 2.24) is 10.3 Å². The molecule has 1 amide bonds. The lowest BCUT2D eigenvalue weighted by Crippen LogP contribution is -2.32. The van der Waals surface area contributed by atoms with Crippen molar-refractivity contribution in [2.45, 2.75) is 19.2 Å². The van der Waals surface area contributed by atoms with Gasteiger partial charge in [0.1, 0.15) is 5.82 Å². The van der Waals surface area contributed by atoms with Gasteiger partial charge in [-0.1, -0.05) is 13.8 Å². The Morgan fingerprint density at radius 3 is 2.81 bits per heavy atom. The third-order valence-corrected chi connectivity index (χ3v) is 2.81. The highest BCUT2D eigenvalue weighted by molar-refractivity contribution is 6.21. The van der Waals surface area contributed by atoms with Gasteiger partial charge >= 0.3 is 0 Å². The summed E-state index contributed by atoms with van der Waals surface area (Å²) >= 11 is 5.97. The maximum absolute atomic E-state index is 12.8. The van der Waals surface area contributed by atoms with Crippen molar-refractivity contribution in [3.63, 3.8) is 0 Å². The first-order valence-electron chi connectivity index (χ1n) is 5.03. The van der Waals surface area contributed by atoms with Crippen LogP contribution < -0.4 is 5.32 Å². The molecule has 0 aliphatic heterocycles. The number of rotatable bonds is 4. The van der Waals surface area contributed by atoms with E-state index >= 15 is 0 Å². The van der Waals surface area contributed by atoms with Crippen LogP contribution in [-0.4, -0.2) is 22.8 Å². The van der Waals surface area contributed by atoms with Crippen LogP contribution in [0.2, 0.25) is 0 Å². The van der Waals surface area contributed by atoms with Crippen molar-refractivity contribution < 1.29 is 9.18 Å². The van der Waals surface area contributed by atoms with Gasteiger partial charge in [0.05, 0.1) is 17.1 Å². The number of carbonyl (C=O) groups excluding carboxylic acids is 1. The van der Waals surface area contributed by atoms with Gasteiger partial charge in [-0.3, -0.25) is 9.78 Å². The van der Waals surface area contributed by atoms with Crippen LogP contribution in [0.15, 0.2) is 18.5 Å². The largest absolute Gasteiger partial charge is 0.350 e. The Morgan fingerprint density at radius 2 is 2.25 bits per heavy atom. The van der Waals surface area contributed by atoms with E-state index in [0.717, 1.165) is 12.3 Å². The van der Waals surface area contributed by atoms with Gasteiger partial charge in [0.2, 0.25) is 0 Å². The second-order valence-corrected chi connectivity index (χ2v) is 4.42. The van der Waals surface area contributed by atoms with Crippen molar-refractivity contribution in [1.29, 1.82) is 0 Å². The molecule has 1 rings (SSSR count). The Hall–Kier alpha value is -1.16. The van der Waals surface area contributed by atoms with E-state index in [4.69, 9.17) is 11.6 Å². The number of hydrogen-bond acceptors (Lipinski definition) is 2. The zero-order valence-corrected chi connectivity index (χ0v) is 9.96. The molecule has 88 valence electrons. The molecule has 0 aliphatic rings. The highest BCUT2D eigenvalue weighted by Crippen LogP contribution is 2.08. The van der Waals surface area contributed by atoms with Gasteiger partial charge in [-0.2, -0.15) is 0 Å². The minimum absolute atomic E-state index is 0.134. The Morgan fingerprint density at radius 1 is 1.56 bits per heavy atom. The van der Waals surface area contributed by atoms with Gasteiger partial charge in [-0.25, -0.2) is 4.39 Å². The minimum atomic E-state index is -0.529. The van der Waals surface area contributed by atoms with E-state index in [1.165, 1.54) is 6.20 Å². The molecule has 0 bridgehead atoms. The zero-order valence-electron chi connectivity index (χ0n) is 9.21. The Kier molecular flexibility index (Phi) is 4.68. The Bertz CT molecular complexity index is 371. The normalized spacial score (nSPS) is 12.6. The van der Waals surface area contributed by atoms with Gasteiger partial charge in [-0.15, -0.1) is 11.6 Å². The maximum atomic E-state index is 12.8. The van der Waals surface area contributed by atoms with Crippen molar-refractivity contribution in [2.75, 3.05) is 6.54 Å². The van der Waals surface area contributed by atoms with E-state index in [-0.39, 0.29) is 22.8 Å². The lowest BCUT2D eigenvalue weighted by Gasteiger charge is -2.13. The summed E-state index contributed by atoms with van der Waals surface area (Å²) in [6.07, 6.45) is 2.37. The standard InChI is InChI=1S/C11H14ClFN2O/c1-7(2)10(12)6-15-11(16)8-3-9(13)5-14-4-8/h3-5,7,10H,6H2,1-2H3,(H,15,16). The molecule has 1 N–H and O–H groups in total. The quantitative estimate of drug-likeness (QED) is 0.826. The second-order valence-electron chi connectivity index (χ2n) is 3.86. The molecule has 1 aromatic rings. The average Bonchev–Trinajstić information content (AvgIpc) is 2.25. The Labute approximate surface area is 99.0 Å². The molecular formula is C11H14ClFN2O. The number of nitrogens with one attached hydrogen (secondary N) is 1. The van der Waals surface area contributed by atoms with E-state index in [1.807, 2.05) is 13.8 Å². The smallest absolute Gasteiger partial charge is 0.253 e. The average molecular weight is 245 g/mol. The topological polar surface area (TPSA) is 42.0 Å². The summed E-state index contributed by atoms with van der Waals surface area (Å²) in [5, 5.41) is 2.50. The fourth-order valence-corrected chi connectivity index (χ4v) is 1.14. The van der Waals surface area contributed by atoms with Crippen molar-refractivity contribution in [3.05, 3.63) is 29.8 Å². The molecule has 1 unspecified atom stereocenters. The molecule has 1 atom stereocenters. The van der Waals surface area contributed by atoms with Crippen LogP contribution in [0.25, 0.3) is 0 Å². The van der Waals surface area contributed by atoms with Gasteiger partial charge in [0, 0.05) is 12.7 Å². The van der Waals surface area contributed by atoms with Crippen LogP contribution in [0.4, 0.5) is 4.39 Å². The van der Waals surface area contributed by atoms with Crippen LogP contribution in [0.1, 0.15) is 24.2 Å². The number of amides is 1. The van der Waals surface area contributed by atoms with E-state index in [0.29, 0.717) is 6.54 Å². The van der Waals surface area contributed by atoms with Crippen molar-refractivity contribution >= 4 is 17.5 Å². The van der Waals surface area contributed by atoms with Crippen LogP contribution >= 0.6 is 11.6 Å². The molecule has 0 fully saturated rings. The summed E-state index contributed by atoms with van der Waals surface area (Å²) in [5.41, 5.74) is 0.202. The summed E-state index contributed by atoms with van der Waals surface area (Å²) in [5.74, 6) is -0.621. The summed E-state index contributed by atoms with van der Waals surface area (Å²) in [6, 6.07) is 1.14. The fourth-order valence-electron chi connectivity index (χ4n) is 1.06.